The van der Waals surface area contributed by atoms with Crippen LogP contribution in [0.3, 0.4) is 0 Å². The van der Waals surface area contributed by atoms with Crippen molar-refractivity contribution in [3.05, 3.63) is 35.6 Å². The number of nitrogens with one attached hydrogen (secondary N) is 1. The fraction of sp³-hybridized carbons (Fsp3) is 0.600. The molecule has 0 aliphatic rings. The fourth-order valence-corrected chi connectivity index (χ4v) is 1.79. The molecule has 1 unspecified atom stereocenters. The standard InChI is InChI=1S/C15H24FNO/c1-5-10-17-11-14(18-15(2,3)4)12-8-6-7-9-13(12)16/h6-9,14,17H,5,10-11H2,1-4H3. The van der Waals surface area contributed by atoms with Crippen LogP contribution in [0.5, 0.6) is 0 Å². The first-order valence-corrected chi connectivity index (χ1v) is 6.57. The van der Waals surface area contributed by atoms with Gasteiger partial charge in [0.05, 0.1) is 11.7 Å². The maximum absolute atomic E-state index is 13.8. The van der Waals surface area contributed by atoms with Gasteiger partial charge in [-0.25, -0.2) is 4.39 Å². The summed E-state index contributed by atoms with van der Waals surface area (Å²) in [6, 6.07) is 6.82. The Hall–Kier alpha value is -0.930. The molecule has 0 saturated heterocycles. The van der Waals surface area contributed by atoms with Crippen molar-refractivity contribution in [3.8, 4) is 0 Å². The molecule has 1 N–H and O–H groups in total. The van der Waals surface area contributed by atoms with E-state index in [2.05, 4.69) is 12.2 Å². The van der Waals surface area contributed by atoms with Crippen LogP contribution in [-0.4, -0.2) is 18.7 Å². The normalized spacial score (nSPS) is 13.6. The van der Waals surface area contributed by atoms with E-state index in [-0.39, 0.29) is 17.5 Å². The van der Waals surface area contributed by atoms with Gasteiger partial charge in [0.1, 0.15) is 5.82 Å². The van der Waals surface area contributed by atoms with Crippen molar-refractivity contribution in [3.63, 3.8) is 0 Å². The van der Waals surface area contributed by atoms with Gasteiger partial charge in [0.2, 0.25) is 0 Å². The lowest BCUT2D eigenvalue weighted by atomic mass is 10.1. The van der Waals surface area contributed by atoms with Crippen molar-refractivity contribution in [1.82, 2.24) is 5.32 Å². The Morgan fingerprint density at radius 3 is 2.50 bits per heavy atom. The first kappa shape index (κ1) is 15.1. The minimum Gasteiger partial charge on any atom is -0.367 e. The number of hydrogen-bond donors (Lipinski definition) is 1. The number of rotatable bonds is 6. The van der Waals surface area contributed by atoms with Crippen molar-refractivity contribution in [1.29, 1.82) is 0 Å². The van der Waals surface area contributed by atoms with Crippen molar-refractivity contribution >= 4 is 0 Å². The second-order valence-corrected chi connectivity index (χ2v) is 5.44. The third-order valence-electron chi connectivity index (χ3n) is 2.50. The molecule has 1 aromatic carbocycles. The van der Waals surface area contributed by atoms with Gasteiger partial charge < -0.3 is 10.1 Å². The Bertz CT molecular complexity index is 360. The van der Waals surface area contributed by atoms with E-state index in [1.54, 1.807) is 12.1 Å². The molecular weight excluding hydrogens is 229 g/mol. The largest absolute Gasteiger partial charge is 0.367 e. The van der Waals surface area contributed by atoms with Crippen molar-refractivity contribution in [2.24, 2.45) is 0 Å². The molecule has 0 aliphatic heterocycles. The van der Waals surface area contributed by atoms with Crippen LogP contribution in [0.2, 0.25) is 0 Å². The van der Waals surface area contributed by atoms with Gasteiger partial charge in [-0.1, -0.05) is 25.1 Å². The topological polar surface area (TPSA) is 21.3 Å². The van der Waals surface area contributed by atoms with Gasteiger partial charge in [0.15, 0.2) is 0 Å². The highest BCUT2D eigenvalue weighted by atomic mass is 19.1. The summed E-state index contributed by atoms with van der Waals surface area (Å²) in [6.07, 6.45) is 0.803. The van der Waals surface area contributed by atoms with Crippen LogP contribution in [0.4, 0.5) is 4.39 Å². The van der Waals surface area contributed by atoms with Gasteiger partial charge in [-0.15, -0.1) is 0 Å². The van der Waals surface area contributed by atoms with Crippen LogP contribution in [0.15, 0.2) is 24.3 Å². The molecule has 0 saturated carbocycles. The van der Waals surface area contributed by atoms with Crippen LogP contribution in [0.1, 0.15) is 45.8 Å². The quantitative estimate of drug-likeness (QED) is 0.781. The third-order valence-corrected chi connectivity index (χ3v) is 2.50. The summed E-state index contributed by atoms with van der Waals surface area (Å²) in [6.45, 7) is 9.61. The second kappa shape index (κ2) is 6.86. The molecule has 0 fully saturated rings. The monoisotopic (exact) mass is 253 g/mol. The van der Waals surface area contributed by atoms with Gasteiger partial charge in [-0.2, -0.15) is 0 Å². The van der Waals surface area contributed by atoms with Crippen molar-refractivity contribution in [2.45, 2.75) is 45.8 Å². The Morgan fingerprint density at radius 2 is 1.94 bits per heavy atom. The van der Waals surface area contributed by atoms with Gasteiger partial charge >= 0.3 is 0 Å². The molecule has 1 rings (SSSR count). The molecule has 3 heteroatoms. The maximum Gasteiger partial charge on any atom is 0.129 e. The molecule has 0 heterocycles. The SMILES string of the molecule is CCCNCC(OC(C)(C)C)c1ccccc1F. The van der Waals surface area contributed by atoms with Crippen LogP contribution >= 0.6 is 0 Å². The molecule has 18 heavy (non-hydrogen) atoms. The number of benzene rings is 1. The summed E-state index contributed by atoms with van der Waals surface area (Å²) < 4.78 is 19.8. The summed E-state index contributed by atoms with van der Waals surface area (Å²) in [7, 11) is 0. The van der Waals surface area contributed by atoms with E-state index >= 15 is 0 Å². The smallest absolute Gasteiger partial charge is 0.129 e. The minimum atomic E-state index is -0.291. The predicted octanol–water partition coefficient (Wildman–Crippen LogP) is 3.68. The Kier molecular flexibility index (Phi) is 5.76. The molecule has 102 valence electrons. The molecule has 2 nitrogen and oxygen atoms in total. The van der Waals surface area contributed by atoms with Crippen LogP contribution in [0.25, 0.3) is 0 Å². The molecular formula is C15H24FNO. The van der Waals surface area contributed by atoms with Gasteiger partial charge in [-0.05, 0) is 39.8 Å². The van der Waals surface area contributed by atoms with E-state index < -0.39 is 0 Å². The summed E-state index contributed by atoms with van der Waals surface area (Å²) in [4.78, 5) is 0. The fourth-order valence-electron chi connectivity index (χ4n) is 1.79. The first-order chi connectivity index (χ1) is 8.44. The molecule has 0 bridgehead atoms. The average Bonchev–Trinajstić information content (AvgIpc) is 2.27. The lowest BCUT2D eigenvalue weighted by molar-refractivity contribution is -0.0618. The lowest BCUT2D eigenvalue weighted by Gasteiger charge is -2.28. The Balaban J connectivity index is 2.80. The van der Waals surface area contributed by atoms with Gasteiger partial charge in [0.25, 0.3) is 0 Å². The molecule has 1 aromatic rings. The zero-order chi connectivity index (χ0) is 13.6. The summed E-state index contributed by atoms with van der Waals surface area (Å²) in [5.41, 5.74) is 0.330. The van der Waals surface area contributed by atoms with Crippen molar-refractivity contribution < 1.29 is 9.13 Å². The van der Waals surface area contributed by atoms with E-state index in [1.165, 1.54) is 6.07 Å². The van der Waals surface area contributed by atoms with E-state index in [0.717, 1.165) is 13.0 Å². The third kappa shape index (κ3) is 5.15. The lowest BCUT2D eigenvalue weighted by Crippen LogP contribution is -2.30. The van der Waals surface area contributed by atoms with E-state index in [1.807, 2.05) is 26.8 Å². The number of halogens is 1. The Labute approximate surface area is 110 Å². The van der Waals surface area contributed by atoms with E-state index in [9.17, 15) is 4.39 Å². The van der Waals surface area contributed by atoms with Crippen LogP contribution in [-0.2, 0) is 4.74 Å². The molecule has 0 aromatic heterocycles. The van der Waals surface area contributed by atoms with E-state index in [0.29, 0.717) is 12.1 Å². The molecule has 1 atom stereocenters. The minimum absolute atomic E-state index is 0.204. The zero-order valence-corrected chi connectivity index (χ0v) is 11.8. The van der Waals surface area contributed by atoms with Crippen LogP contribution < -0.4 is 5.32 Å². The van der Waals surface area contributed by atoms with E-state index in [4.69, 9.17) is 4.74 Å². The summed E-state index contributed by atoms with van der Waals surface area (Å²) >= 11 is 0. The molecule has 0 aliphatic carbocycles. The molecule has 0 amide bonds. The van der Waals surface area contributed by atoms with Gasteiger partial charge in [-0.3, -0.25) is 0 Å². The molecule has 0 spiro atoms. The predicted molar refractivity (Wildman–Crippen MR) is 73.1 cm³/mol. The first-order valence-electron chi connectivity index (χ1n) is 6.57. The highest BCUT2D eigenvalue weighted by molar-refractivity contribution is 5.20. The maximum atomic E-state index is 13.8. The summed E-state index contributed by atoms with van der Waals surface area (Å²) in [5, 5.41) is 3.29. The van der Waals surface area contributed by atoms with Crippen molar-refractivity contribution in [2.75, 3.05) is 13.1 Å². The zero-order valence-electron chi connectivity index (χ0n) is 11.8. The van der Waals surface area contributed by atoms with Gasteiger partial charge in [0, 0.05) is 12.1 Å². The Morgan fingerprint density at radius 1 is 1.28 bits per heavy atom. The molecule has 0 radical (unpaired) electrons. The highest BCUT2D eigenvalue weighted by Crippen LogP contribution is 2.25. The number of hydrogen-bond acceptors (Lipinski definition) is 2. The highest BCUT2D eigenvalue weighted by Gasteiger charge is 2.22. The average molecular weight is 253 g/mol. The van der Waals surface area contributed by atoms with Crippen LogP contribution in [0, 0.1) is 5.82 Å². The second-order valence-electron chi connectivity index (χ2n) is 5.44. The summed E-state index contributed by atoms with van der Waals surface area (Å²) in [5.74, 6) is -0.204. The number of ether oxygens (including phenoxy) is 1.